The van der Waals surface area contributed by atoms with Crippen LogP contribution in [-0.2, 0) is 16.1 Å². The molecule has 0 unspecified atom stereocenters. The highest BCUT2D eigenvalue weighted by Gasteiger charge is 2.01. The first-order valence-corrected chi connectivity index (χ1v) is 7.99. The Morgan fingerprint density at radius 2 is 2.28 bits per heavy atom. The van der Waals surface area contributed by atoms with Gasteiger partial charge in [-0.15, -0.1) is 11.3 Å². The maximum absolute atomic E-state index is 11.1. The summed E-state index contributed by atoms with van der Waals surface area (Å²) in [6, 6.07) is 2.07. The molecule has 0 spiro atoms. The van der Waals surface area contributed by atoms with E-state index in [4.69, 9.17) is 4.74 Å². The van der Waals surface area contributed by atoms with E-state index in [9.17, 15) is 4.79 Å². The largest absolute Gasteiger partial charge is 0.466 e. The van der Waals surface area contributed by atoms with Crippen LogP contribution in [0, 0.1) is 0 Å². The Kier molecular flexibility index (Phi) is 8.29. The summed E-state index contributed by atoms with van der Waals surface area (Å²) in [5, 5.41) is 5.49. The molecular weight excluding hydrogens is 314 g/mol. The van der Waals surface area contributed by atoms with Gasteiger partial charge in [0, 0.05) is 22.3 Å². The molecule has 0 fully saturated rings. The minimum atomic E-state index is -0.0759. The number of hydrogen-bond donors (Lipinski definition) is 1. The van der Waals surface area contributed by atoms with Gasteiger partial charge in [0.25, 0.3) is 0 Å². The number of esters is 1. The summed E-state index contributed by atoms with van der Waals surface area (Å²) in [7, 11) is 0. The molecule has 18 heavy (non-hydrogen) atoms. The van der Waals surface area contributed by atoms with E-state index in [1.165, 1.54) is 9.35 Å². The lowest BCUT2D eigenvalue weighted by Gasteiger charge is -2.04. The summed E-state index contributed by atoms with van der Waals surface area (Å²) in [5.41, 5.74) is 0. The number of nitrogens with one attached hydrogen (secondary N) is 1. The number of thiophene rings is 1. The van der Waals surface area contributed by atoms with Gasteiger partial charge in [0.1, 0.15) is 0 Å². The molecule has 0 amide bonds. The van der Waals surface area contributed by atoms with E-state index < -0.39 is 0 Å². The molecule has 0 aliphatic rings. The molecule has 0 aliphatic heterocycles. The van der Waals surface area contributed by atoms with Crippen LogP contribution in [0.15, 0.2) is 15.9 Å². The van der Waals surface area contributed by atoms with E-state index in [-0.39, 0.29) is 5.97 Å². The van der Waals surface area contributed by atoms with Gasteiger partial charge in [-0.1, -0.05) is 6.42 Å². The fourth-order valence-electron chi connectivity index (χ4n) is 1.58. The van der Waals surface area contributed by atoms with Gasteiger partial charge in [-0.3, -0.25) is 4.79 Å². The molecule has 0 radical (unpaired) electrons. The summed E-state index contributed by atoms with van der Waals surface area (Å²) in [4.78, 5) is 12.4. The molecule has 102 valence electrons. The van der Waals surface area contributed by atoms with Crippen LogP contribution in [0.1, 0.15) is 37.5 Å². The van der Waals surface area contributed by atoms with Crippen molar-refractivity contribution >= 4 is 33.2 Å². The van der Waals surface area contributed by atoms with E-state index in [1.54, 1.807) is 11.3 Å². The minimum absolute atomic E-state index is 0.0759. The van der Waals surface area contributed by atoms with Gasteiger partial charge in [-0.2, -0.15) is 0 Å². The van der Waals surface area contributed by atoms with Gasteiger partial charge >= 0.3 is 5.97 Å². The van der Waals surface area contributed by atoms with Crippen LogP contribution in [0.2, 0.25) is 0 Å². The molecule has 0 saturated carbocycles. The number of ether oxygens (including phenoxy) is 1. The quantitative estimate of drug-likeness (QED) is 0.552. The molecule has 1 heterocycles. The third kappa shape index (κ3) is 6.52. The van der Waals surface area contributed by atoms with Crippen molar-refractivity contribution in [1.82, 2.24) is 5.32 Å². The molecule has 0 aromatic carbocycles. The van der Waals surface area contributed by atoms with Gasteiger partial charge in [0.15, 0.2) is 0 Å². The van der Waals surface area contributed by atoms with Crippen LogP contribution in [-0.4, -0.2) is 19.1 Å². The van der Waals surface area contributed by atoms with Crippen molar-refractivity contribution in [3.63, 3.8) is 0 Å². The zero-order chi connectivity index (χ0) is 13.2. The van der Waals surface area contributed by atoms with Crippen molar-refractivity contribution in [2.24, 2.45) is 0 Å². The molecule has 3 nitrogen and oxygen atoms in total. The number of carbonyl (C=O) groups excluding carboxylic acids is 1. The van der Waals surface area contributed by atoms with Gasteiger partial charge in [0.2, 0.25) is 0 Å². The predicted octanol–water partition coefficient (Wildman–Crippen LogP) is 3.72. The Morgan fingerprint density at radius 3 is 2.94 bits per heavy atom. The summed E-state index contributed by atoms with van der Waals surface area (Å²) in [5.74, 6) is -0.0759. The highest BCUT2D eigenvalue weighted by atomic mass is 79.9. The topological polar surface area (TPSA) is 38.3 Å². The Bertz CT molecular complexity index is 355. The average Bonchev–Trinajstić information content (AvgIpc) is 2.74. The van der Waals surface area contributed by atoms with E-state index in [2.05, 4.69) is 32.7 Å². The van der Waals surface area contributed by atoms with E-state index >= 15 is 0 Å². The second-order valence-electron chi connectivity index (χ2n) is 3.98. The summed E-state index contributed by atoms with van der Waals surface area (Å²) in [6.45, 7) is 4.23. The van der Waals surface area contributed by atoms with Crippen LogP contribution < -0.4 is 5.32 Å². The predicted molar refractivity (Wildman–Crippen MR) is 78.8 cm³/mol. The minimum Gasteiger partial charge on any atom is -0.466 e. The second-order valence-corrected chi connectivity index (χ2v) is 5.84. The first kappa shape index (κ1) is 15.7. The maximum atomic E-state index is 11.1. The lowest BCUT2D eigenvalue weighted by Crippen LogP contribution is -2.14. The van der Waals surface area contributed by atoms with Crippen LogP contribution in [0.4, 0.5) is 0 Å². The molecule has 0 atom stereocenters. The molecule has 0 saturated heterocycles. The zero-order valence-electron chi connectivity index (χ0n) is 10.7. The van der Waals surface area contributed by atoms with Crippen LogP contribution in [0.3, 0.4) is 0 Å². The van der Waals surface area contributed by atoms with E-state index in [0.29, 0.717) is 13.0 Å². The van der Waals surface area contributed by atoms with Crippen LogP contribution in [0.25, 0.3) is 0 Å². The number of unbranched alkanes of at least 4 members (excludes halogenated alkanes) is 2. The van der Waals surface area contributed by atoms with Gasteiger partial charge in [-0.25, -0.2) is 0 Å². The third-order valence-corrected chi connectivity index (χ3v) is 4.44. The highest BCUT2D eigenvalue weighted by molar-refractivity contribution is 9.10. The van der Waals surface area contributed by atoms with Gasteiger partial charge in [-0.05, 0) is 53.7 Å². The van der Waals surface area contributed by atoms with Crippen molar-refractivity contribution in [3.05, 3.63) is 20.8 Å². The zero-order valence-corrected chi connectivity index (χ0v) is 13.1. The molecule has 1 rings (SSSR count). The SMILES string of the molecule is CCOC(=O)CCCCCNCc1sccc1Br. The first-order valence-electron chi connectivity index (χ1n) is 6.32. The highest BCUT2D eigenvalue weighted by Crippen LogP contribution is 2.22. The standard InChI is InChI=1S/C13H20BrNO2S/c1-2-17-13(16)6-4-3-5-8-15-10-12-11(14)7-9-18-12/h7,9,15H,2-6,8,10H2,1H3. The number of rotatable bonds is 9. The number of hydrogen-bond acceptors (Lipinski definition) is 4. The molecule has 5 heteroatoms. The van der Waals surface area contributed by atoms with Crippen LogP contribution in [0.5, 0.6) is 0 Å². The average molecular weight is 334 g/mol. The number of carbonyl (C=O) groups is 1. The molecule has 0 aliphatic carbocycles. The van der Waals surface area contributed by atoms with E-state index in [0.717, 1.165) is 32.4 Å². The molecule has 1 N–H and O–H groups in total. The van der Waals surface area contributed by atoms with Crippen molar-refractivity contribution in [2.45, 2.75) is 39.2 Å². The normalized spacial score (nSPS) is 10.6. The van der Waals surface area contributed by atoms with Crippen molar-refractivity contribution < 1.29 is 9.53 Å². The monoisotopic (exact) mass is 333 g/mol. The lowest BCUT2D eigenvalue weighted by molar-refractivity contribution is -0.143. The lowest BCUT2D eigenvalue weighted by atomic mass is 10.2. The van der Waals surface area contributed by atoms with Crippen molar-refractivity contribution in [2.75, 3.05) is 13.2 Å². The summed E-state index contributed by atoms with van der Waals surface area (Å²) < 4.78 is 6.06. The van der Waals surface area contributed by atoms with Crippen LogP contribution >= 0.6 is 27.3 Å². The Labute approximate surface area is 121 Å². The molecule has 1 aromatic heterocycles. The third-order valence-electron chi connectivity index (χ3n) is 2.52. The fourth-order valence-corrected chi connectivity index (χ4v) is 3.04. The van der Waals surface area contributed by atoms with Gasteiger partial charge < -0.3 is 10.1 Å². The smallest absolute Gasteiger partial charge is 0.305 e. The van der Waals surface area contributed by atoms with E-state index in [1.807, 2.05) is 6.92 Å². The molecule has 0 bridgehead atoms. The maximum Gasteiger partial charge on any atom is 0.305 e. The Morgan fingerprint density at radius 1 is 1.44 bits per heavy atom. The van der Waals surface area contributed by atoms with Gasteiger partial charge in [0.05, 0.1) is 6.61 Å². The summed E-state index contributed by atoms with van der Waals surface area (Å²) >= 11 is 5.27. The Hall–Kier alpha value is -0.390. The summed E-state index contributed by atoms with van der Waals surface area (Å²) in [6.07, 6.45) is 3.63. The Balaban J connectivity index is 1.93. The second kappa shape index (κ2) is 9.53. The fraction of sp³-hybridized carbons (Fsp3) is 0.615. The number of halogens is 1. The first-order chi connectivity index (χ1) is 8.74. The molecular formula is C13H20BrNO2S. The van der Waals surface area contributed by atoms with Crippen molar-refractivity contribution in [3.8, 4) is 0 Å². The van der Waals surface area contributed by atoms with Crippen molar-refractivity contribution in [1.29, 1.82) is 0 Å². The molecule has 1 aromatic rings.